The first kappa shape index (κ1) is 17.2. The summed E-state index contributed by atoms with van der Waals surface area (Å²) >= 11 is 11.8. The molecule has 0 aliphatic heterocycles. The van der Waals surface area contributed by atoms with Gasteiger partial charge in [0, 0.05) is 8.95 Å². The number of anilines is 2. The molecule has 0 fully saturated rings. The van der Waals surface area contributed by atoms with Gasteiger partial charge in [0.15, 0.2) is 5.11 Å². The summed E-state index contributed by atoms with van der Waals surface area (Å²) in [7, 11) is 0. The average molecular weight is 448 g/mol. The van der Waals surface area contributed by atoms with Gasteiger partial charge in [-0.2, -0.15) is 0 Å². The van der Waals surface area contributed by atoms with Crippen LogP contribution < -0.4 is 15.4 Å². The summed E-state index contributed by atoms with van der Waals surface area (Å²) in [4.78, 5) is 0. The van der Waals surface area contributed by atoms with Gasteiger partial charge >= 0.3 is 0 Å². The molecular weight excluding hydrogens is 435 g/mol. The van der Waals surface area contributed by atoms with E-state index in [1.807, 2.05) is 31.2 Å². The third kappa shape index (κ3) is 4.41. The maximum absolute atomic E-state index is 14.0. The summed E-state index contributed by atoms with van der Waals surface area (Å²) < 4.78 is 20.7. The second kappa shape index (κ2) is 7.89. The van der Waals surface area contributed by atoms with Crippen molar-refractivity contribution in [3.8, 4) is 5.75 Å². The van der Waals surface area contributed by atoms with Crippen molar-refractivity contribution in [2.45, 2.75) is 6.92 Å². The van der Waals surface area contributed by atoms with E-state index in [9.17, 15) is 4.39 Å². The van der Waals surface area contributed by atoms with E-state index in [1.54, 1.807) is 6.07 Å². The zero-order valence-electron chi connectivity index (χ0n) is 11.6. The maximum atomic E-state index is 14.0. The Morgan fingerprint density at radius 3 is 2.64 bits per heavy atom. The maximum Gasteiger partial charge on any atom is 0.175 e. The highest BCUT2D eigenvalue weighted by Crippen LogP contribution is 2.30. The van der Waals surface area contributed by atoms with E-state index in [2.05, 4.69) is 42.5 Å². The van der Waals surface area contributed by atoms with Gasteiger partial charge in [-0.05, 0) is 59.3 Å². The molecule has 0 atom stereocenters. The summed E-state index contributed by atoms with van der Waals surface area (Å²) in [5.41, 5.74) is 0.991. The van der Waals surface area contributed by atoms with Gasteiger partial charge in [-0.15, -0.1) is 0 Å². The number of hydrogen-bond acceptors (Lipinski definition) is 2. The minimum atomic E-state index is -0.413. The molecule has 0 unspecified atom stereocenters. The van der Waals surface area contributed by atoms with Gasteiger partial charge in [0.05, 0.1) is 18.0 Å². The largest absolute Gasteiger partial charge is 0.492 e. The van der Waals surface area contributed by atoms with Crippen molar-refractivity contribution in [1.29, 1.82) is 0 Å². The van der Waals surface area contributed by atoms with E-state index >= 15 is 0 Å². The Labute approximate surface area is 150 Å². The molecular formula is C15H13Br2FN2OS. The molecule has 0 bridgehead atoms. The van der Waals surface area contributed by atoms with Crippen molar-refractivity contribution in [3.05, 3.63) is 51.2 Å². The lowest BCUT2D eigenvalue weighted by molar-refractivity contribution is 0.342. The molecule has 0 heterocycles. The lowest BCUT2D eigenvalue weighted by Gasteiger charge is -2.15. The fraction of sp³-hybridized carbons (Fsp3) is 0.133. The normalized spacial score (nSPS) is 10.2. The molecule has 0 saturated carbocycles. The Morgan fingerprint density at radius 1 is 1.23 bits per heavy atom. The topological polar surface area (TPSA) is 33.3 Å². The summed E-state index contributed by atoms with van der Waals surface area (Å²) in [6, 6.07) is 10.5. The quantitative estimate of drug-likeness (QED) is 0.601. The average Bonchev–Trinajstić information content (AvgIpc) is 2.45. The summed E-state index contributed by atoms with van der Waals surface area (Å²) in [6.07, 6.45) is 0. The van der Waals surface area contributed by atoms with Crippen LogP contribution in [0.15, 0.2) is 45.3 Å². The molecule has 2 aromatic carbocycles. The summed E-state index contributed by atoms with van der Waals surface area (Å²) in [5.74, 6) is 0.271. The smallest absolute Gasteiger partial charge is 0.175 e. The number of halogens is 3. The molecule has 0 aliphatic rings. The van der Waals surface area contributed by atoms with E-state index in [1.165, 1.54) is 6.07 Å². The van der Waals surface area contributed by atoms with E-state index in [4.69, 9.17) is 17.0 Å². The number of benzene rings is 2. The van der Waals surface area contributed by atoms with Gasteiger partial charge < -0.3 is 15.4 Å². The Hall–Kier alpha value is -1.18. The van der Waals surface area contributed by atoms with Crippen LogP contribution in [-0.2, 0) is 0 Å². The molecule has 0 amide bonds. The van der Waals surface area contributed by atoms with Crippen LogP contribution >= 0.6 is 44.1 Å². The molecule has 2 rings (SSSR count). The van der Waals surface area contributed by atoms with Crippen LogP contribution in [0.1, 0.15) is 6.92 Å². The lowest BCUT2D eigenvalue weighted by Crippen LogP contribution is -2.20. The number of nitrogens with one attached hydrogen (secondary N) is 2. The van der Waals surface area contributed by atoms with Crippen molar-refractivity contribution >= 4 is 60.6 Å². The predicted octanol–water partition coefficient (Wildman–Crippen LogP) is 5.56. The number of rotatable bonds is 4. The van der Waals surface area contributed by atoms with Crippen molar-refractivity contribution in [1.82, 2.24) is 0 Å². The van der Waals surface area contributed by atoms with Gasteiger partial charge in [0.1, 0.15) is 11.6 Å². The zero-order chi connectivity index (χ0) is 16.1. The highest BCUT2D eigenvalue weighted by atomic mass is 79.9. The number of hydrogen-bond donors (Lipinski definition) is 2. The first-order valence-electron chi connectivity index (χ1n) is 6.45. The molecule has 116 valence electrons. The van der Waals surface area contributed by atoms with E-state index in [0.29, 0.717) is 21.3 Å². The zero-order valence-corrected chi connectivity index (χ0v) is 15.6. The van der Waals surface area contributed by atoms with E-state index in [-0.39, 0.29) is 10.8 Å². The minimum absolute atomic E-state index is 0.272. The van der Waals surface area contributed by atoms with E-state index in [0.717, 1.165) is 5.69 Å². The van der Waals surface area contributed by atoms with Crippen molar-refractivity contribution in [2.24, 2.45) is 0 Å². The SMILES string of the molecule is CCOc1ccccc1NC(=S)Nc1c(F)cc(Br)cc1Br. The van der Waals surface area contributed by atoms with Crippen LogP contribution in [0.3, 0.4) is 0 Å². The third-order valence-corrected chi connectivity index (χ3v) is 3.97. The van der Waals surface area contributed by atoms with Crippen LogP contribution in [-0.4, -0.2) is 11.7 Å². The highest BCUT2D eigenvalue weighted by molar-refractivity contribution is 9.11. The highest BCUT2D eigenvalue weighted by Gasteiger charge is 2.11. The summed E-state index contributed by atoms with van der Waals surface area (Å²) in [6.45, 7) is 2.45. The third-order valence-electron chi connectivity index (χ3n) is 2.68. The van der Waals surface area contributed by atoms with Crippen LogP contribution in [0.4, 0.5) is 15.8 Å². The molecule has 0 aliphatic carbocycles. The van der Waals surface area contributed by atoms with Crippen LogP contribution in [0.2, 0.25) is 0 Å². The number of thiocarbonyl (C=S) groups is 1. The second-order valence-corrected chi connectivity index (χ2v) is 6.43. The predicted molar refractivity (Wildman–Crippen MR) is 99.3 cm³/mol. The molecule has 22 heavy (non-hydrogen) atoms. The van der Waals surface area contributed by atoms with Gasteiger partial charge in [-0.3, -0.25) is 0 Å². The van der Waals surface area contributed by atoms with Crippen molar-refractivity contribution in [3.63, 3.8) is 0 Å². The Balaban J connectivity index is 2.14. The molecule has 0 spiro atoms. The van der Waals surface area contributed by atoms with Gasteiger partial charge in [-0.25, -0.2) is 4.39 Å². The van der Waals surface area contributed by atoms with Gasteiger partial charge in [-0.1, -0.05) is 28.1 Å². The van der Waals surface area contributed by atoms with Crippen molar-refractivity contribution in [2.75, 3.05) is 17.2 Å². The van der Waals surface area contributed by atoms with Gasteiger partial charge in [0.25, 0.3) is 0 Å². The molecule has 0 radical (unpaired) electrons. The number of ether oxygens (including phenoxy) is 1. The van der Waals surface area contributed by atoms with Crippen LogP contribution in [0.25, 0.3) is 0 Å². The molecule has 3 nitrogen and oxygen atoms in total. The molecule has 7 heteroatoms. The first-order chi connectivity index (χ1) is 10.5. The lowest BCUT2D eigenvalue weighted by atomic mass is 10.3. The Kier molecular flexibility index (Phi) is 6.16. The van der Waals surface area contributed by atoms with Crippen molar-refractivity contribution < 1.29 is 9.13 Å². The molecule has 0 aromatic heterocycles. The monoisotopic (exact) mass is 446 g/mol. The molecule has 2 N–H and O–H groups in total. The number of para-hydroxylation sites is 2. The minimum Gasteiger partial charge on any atom is -0.492 e. The van der Waals surface area contributed by atoms with Crippen LogP contribution in [0, 0.1) is 5.82 Å². The summed E-state index contributed by atoms with van der Waals surface area (Å²) in [5, 5.41) is 6.13. The second-order valence-electron chi connectivity index (χ2n) is 4.25. The Morgan fingerprint density at radius 2 is 1.95 bits per heavy atom. The van der Waals surface area contributed by atoms with Crippen LogP contribution in [0.5, 0.6) is 5.75 Å². The first-order valence-corrected chi connectivity index (χ1v) is 8.45. The van der Waals surface area contributed by atoms with E-state index < -0.39 is 5.82 Å². The molecule has 0 saturated heterocycles. The standard InChI is InChI=1S/C15H13Br2FN2OS/c1-2-21-13-6-4-3-5-12(13)19-15(22)20-14-10(17)7-9(16)8-11(14)18/h3-8H,2H2,1H3,(H2,19,20,22). The fourth-order valence-corrected chi connectivity index (χ4v) is 3.26. The molecule has 2 aromatic rings. The Bertz CT molecular complexity index is 674. The van der Waals surface area contributed by atoms with Gasteiger partial charge in [0.2, 0.25) is 0 Å². The fourth-order valence-electron chi connectivity index (χ4n) is 1.78.